The van der Waals surface area contributed by atoms with Crippen LogP contribution in [0, 0.1) is 22.5 Å². The number of fused-ring (bicyclic) bond motifs is 1. The molecule has 1 fully saturated rings. The molecule has 0 bridgehead atoms. The maximum atomic E-state index is 13.2. The summed E-state index contributed by atoms with van der Waals surface area (Å²) in [6, 6.07) is 11.8. The molecule has 2 heterocycles. The Labute approximate surface area is 191 Å². The van der Waals surface area contributed by atoms with Crippen LogP contribution in [-0.2, 0) is 4.79 Å². The topological polar surface area (TPSA) is 102 Å². The van der Waals surface area contributed by atoms with Crippen molar-refractivity contribution < 1.29 is 9.72 Å². The van der Waals surface area contributed by atoms with Crippen LogP contribution in [0.1, 0.15) is 26.5 Å². The number of nitro benzene ring substituents is 1. The maximum absolute atomic E-state index is 13.2. The van der Waals surface area contributed by atoms with Gasteiger partial charge in [0.05, 0.1) is 16.0 Å². The summed E-state index contributed by atoms with van der Waals surface area (Å²) in [5.41, 5.74) is 0.451. The molecule has 4 rings (SSSR count). The molecular formula is C24H27N5O4. The third kappa shape index (κ3) is 4.18. The van der Waals surface area contributed by atoms with Crippen molar-refractivity contribution in [2.45, 2.75) is 27.7 Å². The Bertz CT molecular complexity index is 1300. The number of aryl methyl sites for hydroxylation is 1. The van der Waals surface area contributed by atoms with Crippen molar-refractivity contribution in [1.82, 2.24) is 14.7 Å². The summed E-state index contributed by atoms with van der Waals surface area (Å²) < 4.78 is 1.12. The molecule has 0 N–H and O–H groups in total. The van der Waals surface area contributed by atoms with E-state index in [1.54, 1.807) is 31.2 Å². The molecule has 0 radical (unpaired) electrons. The van der Waals surface area contributed by atoms with E-state index in [1.165, 1.54) is 6.07 Å². The predicted molar refractivity (Wildman–Crippen MR) is 127 cm³/mol. The van der Waals surface area contributed by atoms with Gasteiger partial charge in [0, 0.05) is 48.7 Å². The van der Waals surface area contributed by atoms with E-state index < -0.39 is 15.9 Å². The van der Waals surface area contributed by atoms with Crippen molar-refractivity contribution in [1.29, 1.82) is 0 Å². The minimum Gasteiger partial charge on any atom is -0.368 e. The average Bonchev–Trinajstić information content (AvgIpc) is 2.80. The summed E-state index contributed by atoms with van der Waals surface area (Å²) in [5.74, 6) is 0.105. The highest BCUT2D eigenvalue weighted by Crippen LogP contribution is 2.29. The van der Waals surface area contributed by atoms with Gasteiger partial charge in [-0.2, -0.15) is 9.78 Å². The monoisotopic (exact) mass is 449 g/mol. The highest BCUT2D eigenvalue weighted by atomic mass is 16.6. The van der Waals surface area contributed by atoms with Crippen LogP contribution in [-0.4, -0.2) is 51.7 Å². The molecule has 172 valence electrons. The molecule has 1 amide bonds. The number of anilines is 1. The SMILES string of the molecule is Cc1nn(-c2cc(N3CCN(C(=O)C(C)(C)C)CC3)ccc2[N+](=O)[O-])c(=O)c2ccccc12. The van der Waals surface area contributed by atoms with Crippen molar-refractivity contribution in [3.05, 3.63) is 68.6 Å². The van der Waals surface area contributed by atoms with Crippen LogP contribution in [0.5, 0.6) is 0 Å². The zero-order chi connectivity index (χ0) is 23.9. The molecule has 0 spiro atoms. The molecule has 0 aliphatic carbocycles. The summed E-state index contributed by atoms with van der Waals surface area (Å²) in [6.07, 6.45) is 0. The van der Waals surface area contributed by atoms with Gasteiger partial charge in [0.2, 0.25) is 5.91 Å². The van der Waals surface area contributed by atoms with E-state index in [-0.39, 0.29) is 17.3 Å². The Morgan fingerprint density at radius 3 is 2.27 bits per heavy atom. The minimum absolute atomic E-state index is 0.105. The number of benzene rings is 2. The molecule has 0 unspecified atom stereocenters. The molecule has 1 saturated heterocycles. The largest absolute Gasteiger partial charge is 0.368 e. The Balaban J connectivity index is 1.72. The van der Waals surface area contributed by atoms with E-state index in [1.807, 2.05) is 37.8 Å². The van der Waals surface area contributed by atoms with Gasteiger partial charge in [0.1, 0.15) is 5.69 Å². The number of carbonyl (C=O) groups is 1. The molecule has 1 aliphatic heterocycles. The van der Waals surface area contributed by atoms with E-state index in [2.05, 4.69) is 10.00 Å². The van der Waals surface area contributed by atoms with Crippen LogP contribution in [0.15, 0.2) is 47.3 Å². The van der Waals surface area contributed by atoms with Crippen LogP contribution in [0.2, 0.25) is 0 Å². The molecule has 3 aromatic rings. The van der Waals surface area contributed by atoms with E-state index in [0.29, 0.717) is 37.3 Å². The van der Waals surface area contributed by atoms with E-state index in [4.69, 9.17) is 0 Å². The smallest absolute Gasteiger partial charge is 0.295 e. The molecule has 1 aliphatic rings. The highest BCUT2D eigenvalue weighted by molar-refractivity contribution is 5.84. The lowest BCUT2D eigenvalue weighted by Crippen LogP contribution is -2.51. The summed E-state index contributed by atoms with van der Waals surface area (Å²) in [4.78, 5) is 40.9. The van der Waals surface area contributed by atoms with E-state index >= 15 is 0 Å². The summed E-state index contributed by atoms with van der Waals surface area (Å²) in [7, 11) is 0. The zero-order valence-corrected chi connectivity index (χ0v) is 19.2. The van der Waals surface area contributed by atoms with Gasteiger partial charge < -0.3 is 9.80 Å². The minimum atomic E-state index is -0.502. The lowest BCUT2D eigenvalue weighted by atomic mass is 9.94. The molecule has 0 atom stereocenters. The Morgan fingerprint density at radius 1 is 1.03 bits per heavy atom. The van der Waals surface area contributed by atoms with Crippen LogP contribution in [0.25, 0.3) is 16.5 Å². The quantitative estimate of drug-likeness (QED) is 0.449. The predicted octanol–water partition coefficient (Wildman–Crippen LogP) is 3.30. The van der Waals surface area contributed by atoms with E-state index in [0.717, 1.165) is 15.8 Å². The third-order valence-corrected chi connectivity index (χ3v) is 5.95. The fraction of sp³-hybridized carbons (Fsp3) is 0.375. The normalized spacial score (nSPS) is 14.5. The van der Waals surface area contributed by atoms with Crippen LogP contribution in [0.4, 0.5) is 11.4 Å². The van der Waals surface area contributed by atoms with Crippen molar-refractivity contribution in [2.75, 3.05) is 31.1 Å². The number of piperazine rings is 1. The number of aromatic nitrogens is 2. The molecule has 0 saturated carbocycles. The second kappa shape index (κ2) is 8.31. The fourth-order valence-electron chi connectivity index (χ4n) is 4.19. The number of nitrogens with zero attached hydrogens (tertiary/aromatic N) is 5. The standard InChI is InChI=1S/C24H27N5O4/c1-16-18-7-5-6-8-19(18)22(30)28(25-16)21-15-17(9-10-20(21)29(32)33)26-11-13-27(14-12-26)23(31)24(2,3)4/h5-10,15H,11-14H2,1-4H3. The second-order valence-corrected chi connectivity index (χ2v) is 9.31. The van der Waals surface area contributed by atoms with Crippen molar-refractivity contribution in [2.24, 2.45) is 5.41 Å². The molecule has 1 aromatic heterocycles. The van der Waals surface area contributed by atoms with E-state index in [9.17, 15) is 19.7 Å². The fourth-order valence-corrected chi connectivity index (χ4v) is 4.19. The average molecular weight is 450 g/mol. The van der Waals surface area contributed by atoms with Gasteiger partial charge >= 0.3 is 0 Å². The van der Waals surface area contributed by atoms with Gasteiger partial charge in [0.25, 0.3) is 11.2 Å². The first-order valence-electron chi connectivity index (χ1n) is 10.9. The molecule has 2 aromatic carbocycles. The molecule has 9 nitrogen and oxygen atoms in total. The van der Waals surface area contributed by atoms with Crippen molar-refractivity contribution in [3.63, 3.8) is 0 Å². The highest BCUT2D eigenvalue weighted by Gasteiger charge is 2.30. The number of amides is 1. The Kier molecular flexibility index (Phi) is 5.65. The van der Waals surface area contributed by atoms with Gasteiger partial charge in [-0.15, -0.1) is 0 Å². The maximum Gasteiger partial charge on any atom is 0.295 e. The number of nitro groups is 1. The number of hydrogen-bond donors (Lipinski definition) is 0. The lowest BCUT2D eigenvalue weighted by Gasteiger charge is -2.38. The molecule has 9 heteroatoms. The van der Waals surface area contributed by atoms with Crippen LogP contribution in [0.3, 0.4) is 0 Å². The Hall–Kier alpha value is -3.75. The molecular weight excluding hydrogens is 422 g/mol. The van der Waals surface area contributed by atoms with Gasteiger partial charge in [-0.1, -0.05) is 39.0 Å². The van der Waals surface area contributed by atoms with Crippen LogP contribution >= 0.6 is 0 Å². The first-order chi connectivity index (χ1) is 15.6. The number of rotatable bonds is 3. The summed E-state index contributed by atoms with van der Waals surface area (Å²) in [6.45, 7) is 9.81. The first-order valence-corrected chi connectivity index (χ1v) is 10.9. The summed E-state index contributed by atoms with van der Waals surface area (Å²) >= 11 is 0. The van der Waals surface area contributed by atoms with Gasteiger partial charge in [-0.3, -0.25) is 19.7 Å². The number of hydrogen-bond acceptors (Lipinski definition) is 6. The van der Waals surface area contributed by atoms with Gasteiger partial charge in [0.15, 0.2) is 0 Å². The number of carbonyl (C=O) groups excluding carboxylic acids is 1. The van der Waals surface area contributed by atoms with Gasteiger partial charge in [-0.05, 0) is 25.1 Å². The van der Waals surface area contributed by atoms with Crippen molar-refractivity contribution >= 4 is 28.1 Å². The third-order valence-electron chi connectivity index (χ3n) is 5.95. The Morgan fingerprint density at radius 2 is 1.67 bits per heavy atom. The zero-order valence-electron chi connectivity index (χ0n) is 19.2. The summed E-state index contributed by atoms with van der Waals surface area (Å²) in [5, 5.41) is 17.3. The first kappa shape index (κ1) is 22.4. The van der Waals surface area contributed by atoms with Crippen LogP contribution < -0.4 is 10.5 Å². The van der Waals surface area contributed by atoms with Crippen molar-refractivity contribution in [3.8, 4) is 5.69 Å². The molecule has 33 heavy (non-hydrogen) atoms. The second-order valence-electron chi connectivity index (χ2n) is 9.31. The lowest BCUT2D eigenvalue weighted by molar-refractivity contribution is -0.384. The van der Waals surface area contributed by atoms with Gasteiger partial charge in [-0.25, -0.2) is 0 Å².